The predicted molar refractivity (Wildman–Crippen MR) is 135 cm³/mol. The third-order valence-corrected chi connectivity index (χ3v) is 7.05. The van der Waals surface area contributed by atoms with Crippen molar-refractivity contribution in [2.75, 3.05) is 13.1 Å². The summed E-state index contributed by atoms with van der Waals surface area (Å²) in [6, 6.07) is 19.1. The van der Waals surface area contributed by atoms with E-state index in [1.54, 1.807) is 23.2 Å². The zero-order valence-corrected chi connectivity index (χ0v) is 19.7. The molecule has 1 aliphatic rings. The fraction of sp³-hybridized carbons (Fsp3) is 0.259. The number of rotatable bonds is 5. The van der Waals surface area contributed by atoms with Crippen LogP contribution in [0.5, 0.6) is 0 Å². The van der Waals surface area contributed by atoms with Crippen LogP contribution in [0.15, 0.2) is 84.3 Å². The van der Waals surface area contributed by atoms with E-state index >= 15 is 0 Å². The van der Waals surface area contributed by atoms with Gasteiger partial charge in [0.05, 0.1) is 29.5 Å². The van der Waals surface area contributed by atoms with E-state index in [0.717, 1.165) is 16.6 Å². The molecular weight excluding hydrogens is 456 g/mol. The van der Waals surface area contributed by atoms with Gasteiger partial charge in [-0.15, -0.1) is 0 Å². The molecule has 182 valence electrons. The van der Waals surface area contributed by atoms with E-state index in [2.05, 4.69) is 14.6 Å². The number of aliphatic hydroxyl groups is 1. The SMILES string of the molecule is O=C(c1ccc(Cn2cnc3ccccc32)cc1)N1CCC(O)(Cn2cnn3cccc3c2=O)CC1. The van der Waals surface area contributed by atoms with Gasteiger partial charge in [-0.2, -0.15) is 5.10 Å². The molecule has 3 aromatic heterocycles. The fourth-order valence-corrected chi connectivity index (χ4v) is 4.94. The Morgan fingerprint density at radius 2 is 1.67 bits per heavy atom. The molecule has 1 N–H and O–H groups in total. The van der Waals surface area contributed by atoms with Gasteiger partial charge in [0.2, 0.25) is 0 Å². The molecule has 2 aromatic carbocycles. The second kappa shape index (κ2) is 8.76. The summed E-state index contributed by atoms with van der Waals surface area (Å²) in [5.41, 5.74) is 2.96. The molecule has 1 saturated heterocycles. The van der Waals surface area contributed by atoms with Gasteiger partial charge < -0.3 is 14.6 Å². The molecule has 9 heteroatoms. The standard InChI is InChI=1S/C27H26N6O3/c34-25(21-9-7-20(8-10-21)16-31-18-28-22-4-1-2-5-23(22)31)30-14-11-27(36,12-15-30)17-32-19-29-33-13-3-6-24(33)26(32)35/h1-10,13,18-19,36H,11-12,14-17H2. The van der Waals surface area contributed by atoms with Crippen molar-refractivity contribution >= 4 is 22.5 Å². The Morgan fingerprint density at radius 3 is 2.47 bits per heavy atom. The van der Waals surface area contributed by atoms with Crippen molar-refractivity contribution in [1.29, 1.82) is 0 Å². The first-order valence-corrected chi connectivity index (χ1v) is 12.0. The maximum absolute atomic E-state index is 13.1. The minimum Gasteiger partial charge on any atom is -0.388 e. The molecule has 6 rings (SSSR count). The zero-order chi connectivity index (χ0) is 24.7. The van der Waals surface area contributed by atoms with Crippen molar-refractivity contribution < 1.29 is 9.90 Å². The van der Waals surface area contributed by atoms with Crippen LogP contribution in [-0.4, -0.2) is 58.3 Å². The van der Waals surface area contributed by atoms with Crippen LogP contribution >= 0.6 is 0 Å². The molecule has 9 nitrogen and oxygen atoms in total. The summed E-state index contributed by atoms with van der Waals surface area (Å²) in [5.74, 6) is -0.0508. The number of aromatic nitrogens is 5. The van der Waals surface area contributed by atoms with Gasteiger partial charge in [0.25, 0.3) is 11.5 Å². The molecule has 0 aliphatic carbocycles. The molecule has 0 bridgehead atoms. The van der Waals surface area contributed by atoms with Gasteiger partial charge in [-0.1, -0.05) is 24.3 Å². The topological polar surface area (TPSA) is 97.7 Å². The molecule has 36 heavy (non-hydrogen) atoms. The summed E-state index contributed by atoms with van der Waals surface area (Å²) in [5, 5.41) is 15.4. The number of likely N-dealkylation sites (tertiary alicyclic amines) is 1. The number of carbonyl (C=O) groups is 1. The normalized spacial score (nSPS) is 15.5. The minimum atomic E-state index is -1.06. The molecule has 5 aromatic rings. The van der Waals surface area contributed by atoms with Crippen LogP contribution in [0, 0.1) is 0 Å². The van der Waals surface area contributed by atoms with E-state index in [4.69, 9.17) is 0 Å². The summed E-state index contributed by atoms with van der Waals surface area (Å²) in [4.78, 5) is 32.0. The third-order valence-electron chi connectivity index (χ3n) is 7.05. The Kier molecular flexibility index (Phi) is 5.41. The molecule has 0 saturated carbocycles. The highest BCUT2D eigenvalue weighted by atomic mass is 16.3. The minimum absolute atomic E-state index is 0.0508. The molecule has 1 amide bonds. The monoisotopic (exact) mass is 482 g/mol. The lowest BCUT2D eigenvalue weighted by atomic mass is 9.91. The number of imidazole rings is 1. The number of amides is 1. The smallest absolute Gasteiger partial charge is 0.277 e. The van der Waals surface area contributed by atoms with E-state index in [1.807, 2.05) is 54.9 Å². The van der Waals surface area contributed by atoms with Gasteiger partial charge in [0.1, 0.15) is 11.8 Å². The molecule has 0 atom stereocenters. The number of carbonyl (C=O) groups excluding carboxylic acids is 1. The molecule has 1 aliphatic heterocycles. The van der Waals surface area contributed by atoms with Crippen LogP contribution in [0.4, 0.5) is 0 Å². The van der Waals surface area contributed by atoms with Crippen LogP contribution < -0.4 is 5.56 Å². The number of piperidine rings is 1. The molecule has 4 heterocycles. The Labute approximate surface area is 206 Å². The Bertz CT molecular complexity index is 1610. The molecule has 0 spiro atoms. The first kappa shape index (κ1) is 22.2. The third kappa shape index (κ3) is 4.07. The highest BCUT2D eigenvalue weighted by Gasteiger charge is 2.35. The maximum atomic E-state index is 13.1. The summed E-state index contributed by atoms with van der Waals surface area (Å²) in [6.45, 7) is 1.68. The van der Waals surface area contributed by atoms with Crippen LogP contribution in [0.1, 0.15) is 28.8 Å². The van der Waals surface area contributed by atoms with Crippen LogP contribution in [0.25, 0.3) is 16.6 Å². The first-order valence-electron chi connectivity index (χ1n) is 12.0. The van der Waals surface area contributed by atoms with Crippen molar-refractivity contribution in [1.82, 2.24) is 28.6 Å². The molecule has 0 radical (unpaired) electrons. The quantitative estimate of drug-likeness (QED) is 0.415. The van der Waals surface area contributed by atoms with E-state index in [-0.39, 0.29) is 18.0 Å². The highest BCUT2D eigenvalue weighted by molar-refractivity contribution is 5.94. The summed E-state index contributed by atoms with van der Waals surface area (Å²) in [7, 11) is 0. The van der Waals surface area contributed by atoms with Crippen molar-refractivity contribution in [3.8, 4) is 0 Å². The molecule has 1 fully saturated rings. The van der Waals surface area contributed by atoms with Gasteiger partial charge in [-0.3, -0.25) is 14.2 Å². The predicted octanol–water partition coefficient (Wildman–Crippen LogP) is 2.56. The summed E-state index contributed by atoms with van der Waals surface area (Å²) >= 11 is 0. The Hall–Kier alpha value is -4.24. The first-order chi connectivity index (χ1) is 17.5. The van der Waals surface area contributed by atoms with Gasteiger partial charge in [0, 0.05) is 31.4 Å². The Balaban J connectivity index is 1.10. The number of nitrogens with zero attached hydrogens (tertiary/aromatic N) is 6. The second-order valence-corrected chi connectivity index (χ2v) is 9.48. The number of hydrogen-bond acceptors (Lipinski definition) is 5. The average molecular weight is 483 g/mol. The van der Waals surface area contributed by atoms with Crippen molar-refractivity contribution in [2.24, 2.45) is 0 Å². The van der Waals surface area contributed by atoms with E-state index < -0.39 is 5.60 Å². The molecular formula is C27H26N6O3. The lowest BCUT2D eigenvalue weighted by Gasteiger charge is -2.38. The van der Waals surface area contributed by atoms with E-state index in [1.165, 1.54) is 15.4 Å². The van der Waals surface area contributed by atoms with Crippen LogP contribution in [-0.2, 0) is 13.1 Å². The lowest BCUT2D eigenvalue weighted by molar-refractivity contribution is -0.0300. The largest absolute Gasteiger partial charge is 0.388 e. The van der Waals surface area contributed by atoms with E-state index in [0.29, 0.717) is 43.6 Å². The van der Waals surface area contributed by atoms with Crippen molar-refractivity contribution in [3.05, 3.63) is 101 Å². The van der Waals surface area contributed by atoms with E-state index in [9.17, 15) is 14.7 Å². The van der Waals surface area contributed by atoms with Crippen molar-refractivity contribution in [3.63, 3.8) is 0 Å². The van der Waals surface area contributed by atoms with Crippen LogP contribution in [0.3, 0.4) is 0 Å². The fourth-order valence-electron chi connectivity index (χ4n) is 4.94. The van der Waals surface area contributed by atoms with Gasteiger partial charge in [-0.25, -0.2) is 9.50 Å². The second-order valence-electron chi connectivity index (χ2n) is 9.48. The summed E-state index contributed by atoms with van der Waals surface area (Å²) in [6.07, 6.45) is 5.79. The number of hydrogen-bond donors (Lipinski definition) is 1. The number of benzene rings is 2. The average Bonchev–Trinajstić information content (AvgIpc) is 3.54. The van der Waals surface area contributed by atoms with Gasteiger partial charge in [-0.05, 0) is 54.8 Å². The van der Waals surface area contributed by atoms with Gasteiger partial charge >= 0.3 is 0 Å². The summed E-state index contributed by atoms with van der Waals surface area (Å²) < 4.78 is 5.06. The Morgan fingerprint density at radius 1 is 0.917 bits per heavy atom. The van der Waals surface area contributed by atoms with Crippen molar-refractivity contribution in [2.45, 2.75) is 31.5 Å². The number of para-hydroxylation sites is 2. The maximum Gasteiger partial charge on any atom is 0.277 e. The molecule has 0 unspecified atom stereocenters. The lowest BCUT2D eigenvalue weighted by Crippen LogP contribution is -2.49. The highest BCUT2D eigenvalue weighted by Crippen LogP contribution is 2.25. The number of fused-ring (bicyclic) bond motifs is 2. The zero-order valence-electron chi connectivity index (χ0n) is 19.7. The van der Waals surface area contributed by atoms with Gasteiger partial charge in [0.15, 0.2) is 0 Å². The van der Waals surface area contributed by atoms with Crippen LogP contribution in [0.2, 0.25) is 0 Å².